The molecule has 2 nitrogen and oxygen atoms in total. The minimum absolute atomic E-state index is 0.146. The van der Waals surface area contributed by atoms with Crippen molar-refractivity contribution >= 4 is 0 Å². The van der Waals surface area contributed by atoms with Gasteiger partial charge in [-0.25, -0.2) is 0 Å². The van der Waals surface area contributed by atoms with E-state index in [1.807, 2.05) is 32.9 Å². The lowest BCUT2D eigenvalue weighted by Crippen LogP contribution is -2.31. The van der Waals surface area contributed by atoms with Crippen molar-refractivity contribution in [2.45, 2.75) is 53.6 Å². The molecule has 1 rings (SSSR count). The van der Waals surface area contributed by atoms with Crippen molar-refractivity contribution in [3.05, 3.63) is 29.3 Å². The van der Waals surface area contributed by atoms with Gasteiger partial charge in [0.05, 0.1) is 6.10 Å². The second-order valence-corrected chi connectivity index (χ2v) is 6.37. The first-order chi connectivity index (χ1) is 8.21. The van der Waals surface area contributed by atoms with E-state index in [1.165, 1.54) is 11.1 Å². The van der Waals surface area contributed by atoms with Gasteiger partial charge >= 0.3 is 0 Å². The molecule has 0 saturated heterocycles. The zero-order chi connectivity index (χ0) is 13.9. The van der Waals surface area contributed by atoms with E-state index in [0.717, 1.165) is 5.75 Å². The van der Waals surface area contributed by atoms with Crippen molar-refractivity contribution in [3.8, 4) is 5.75 Å². The number of benzene rings is 1. The van der Waals surface area contributed by atoms with Crippen LogP contribution in [0.5, 0.6) is 5.75 Å². The van der Waals surface area contributed by atoms with Crippen molar-refractivity contribution in [1.29, 1.82) is 0 Å². The molecule has 0 aromatic heterocycles. The third kappa shape index (κ3) is 4.02. The van der Waals surface area contributed by atoms with Crippen LogP contribution in [0.15, 0.2) is 18.2 Å². The second kappa shape index (κ2) is 5.75. The summed E-state index contributed by atoms with van der Waals surface area (Å²) in [5.74, 6) is 1.36. The minimum atomic E-state index is -0.456. The molecule has 0 aliphatic carbocycles. The van der Waals surface area contributed by atoms with Gasteiger partial charge < -0.3 is 9.84 Å². The van der Waals surface area contributed by atoms with Crippen LogP contribution >= 0.6 is 0 Å². The van der Waals surface area contributed by atoms with Gasteiger partial charge in [-0.2, -0.15) is 0 Å². The van der Waals surface area contributed by atoms with Gasteiger partial charge in [-0.05, 0) is 41.5 Å². The maximum atomic E-state index is 9.93. The summed E-state index contributed by atoms with van der Waals surface area (Å²) in [7, 11) is 0. The Hall–Kier alpha value is -1.02. The summed E-state index contributed by atoms with van der Waals surface area (Å²) in [5, 5.41) is 9.93. The van der Waals surface area contributed by atoms with E-state index in [2.05, 4.69) is 26.8 Å². The predicted octanol–water partition coefficient (Wildman–Crippen LogP) is 3.90. The molecule has 1 atom stereocenters. The van der Waals surface area contributed by atoms with Crippen LogP contribution in [0, 0.1) is 12.3 Å². The molecule has 2 heteroatoms. The molecule has 0 radical (unpaired) electrons. The lowest BCUT2D eigenvalue weighted by molar-refractivity contribution is 0.0218. The van der Waals surface area contributed by atoms with Crippen LogP contribution in [-0.2, 0) is 0 Å². The first kappa shape index (κ1) is 15.0. The molecule has 1 aromatic rings. The second-order valence-electron chi connectivity index (χ2n) is 6.37. The molecule has 0 spiro atoms. The molecular formula is C16H26O2. The van der Waals surface area contributed by atoms with Gasteiger partial charge in [0.25, 0.3) is 0 Å². The quantitative estimate of drug-likeness (QED) is 0.878. The summed E-state index contributed by atoms with van der Waals surface area (Å²) in [6.07, 6.45) is -0.456. The van der Waals surface area contributed by atoms with E-state index in [4.69, 9.17) is 4.74 Å². The zero-order valence-electron chi connectivity index (χ0n) is 12.4. The molecule has 18 heavy (non-hydrogen) atoms. The van der Waals surface area contributed by atoms with Gasteiger partial charge in [0.15, 0.2) is 0 Å². The number of hydrogen-bond acceptors (Lipinski definition) is 2. The Morgan fingerprint density at radius 3 is 2.28 bits per heavy atom. The summed E-state index contributed by atoms with van der Waals surface area (Å²) < 4.78 is 5.66. The van der Waals surface area contributed by atoms with Crippen molar-refractivity contribution < 1.29 is 9.84 Å². The fourth-order valence-electron chi connectivity index (χ4n) is 1.81. The van der Waals surface area contributed by atoms with E-state index in [-0.39, 0.29) is 5.41 Å². The van der Waals surface area contributed by atoms with Crippen LogP contribution in [0.2, 0.25) is 0 Å². The van der Waals surface area contributed by atoms with Crippen molar-refractivity contribution in [1.82, 2.24) is 0 Å². The SMILES string of the molecule is Cc1cc(OCC(O)C(C)(C)C)ccc1C(C)C. The molecule has 1 unspecified atom stereocenters. The highest BCUT2D eigenvalue weighted by Gasteiger charge is 2.22. The normalized spacial score (nSPS) is 13.8. The van der Waals surface area contributed by atoms with Gasteiger partial charge in [-0.3, -0.25) is 0 Å². The largest absolute Gasteiger partial charge is 0.491 e. The Labute approximate surface area is 111 Å². The lowest BCUT2D eigenvalue weighted by atomic mass is 9.90. The van der Waals surface area contributed by atoms with Crippen molar-refractivity contribution in [2.24, 2.45) is 5.41 Å². The van der Waals surface area contributed by atoms with Gasteiger partial charge in [-0.1, -0.05) is 40.7 Å². The molecular weight excluding hydrogens is 224 g/mol. The van der Waals surface area contributed by atoms with Crippen LogP contribution in [0.4, 0.5) is 0 Å². The zero-order valence-corrected chi connectivity index (χ0v) is 12.4. The standard InChI is InChI=1S/C16H26O2/c1-11(2)14-8-7-13(9-12(14)3)18-10-15(17)16(4,5)6/h7-9,11,15,17H,10H2,1-6H3. The number of rotatable bonds is 4. The topological polar surface area (TPSA) is 29.5 Å². The Kier molecular flexibility index (Phi) is 4.80. The van der Waals surface area contributed by atoms with Crippen LogP contribution in [0.1, 0.15) is 51.7 Å². The number of hydrogen-bond donors (Lipinski definition) is 1. The number of aliphatic hydroxyl groups excluding tert-OH is 1. The molecule has 0 fully saturated rings. The molecule has 0 saturated carbocycles. The van der Waals surface area contributed by atoms with Gasteiger partial charge in [0.2, 0.25) is 0 Å². The molecule has 0 amide bonds. The Balaban J connectivity index is 2.67. The summed E-state index contributed by atoms with van der Waals surface area (Å²) in [6.45, 7) is 12.8. The predicted molar refractivity (Wildman–Crippen MR) is 76.2 cm³/mol. The molecule has 1 aromatic carbocycles. The lowest BCUT2D eigenvalue weighted by Gasteiger charge is -2.25. The number of aryl methyl sites for hydroxylation is 1. The van der Waals surface area contributed by atoms with Crippen LogP contribution in [0.3, 0.4) is 0 Å². The highest BCUT2D eigenvalue weighted by Crippen LogP contribution is 2.25. The average Bonchev–Trinajstić information content (AvgIpc) is 2.24. The smallest absolute Gasteiger partial charge is 0.119 e. The van der Waals surface area contributed by atoms with E-state index < -0.39 is 6.10 Å². The van der Waals surface area contributed by atoms with Crippen molar-refractivity contribution in [3.63, 3.8) is 0 Å². The Morgan fingerprint density at radius 2 is 1.83 bits per heavy atom. The molecule has 1 N–H and O–H groups in total. The summed E-state index contributed by atoms with van der Waals surface area (Å²) in [6, 6.07) is 6.14. The fraction of sp³-hybridized carbons (Fsp3) is 0.625. The third-order valence-corrected chi connectivity index (χ3v) is 3.27. The summed E-state index contributed by atoms with van der Waals surface area (Å²) >= 11 is 0. The Morgan fingerprint density at radius 1 is 1.22 bits per heavy atom. The highest BCUT2D eigenvalue weighted by atomic mass is 16.5. The monoisotopic (exact) mass is 250 g/mol. The molecule has 102 valence electrons. The minimum Gasteiger partial charge on any atom is -0.491 e. The maximum absolute atomic E-state index is 9.93. The molecule has 0 aliphatic rings. The van der Waals surface area contributed by atoms with Gasteiger partial charge in [-0.15, -0.1) is 0 Å². The average molecular weight is 250 g/mol. The summed E-state index contributed by atoms with van der Waals surface area (Å²) in [4.78, 5) is 0. The van der Waals surface area contributed by atoms with Crippen LogP contribution in [0.25, 0.3) is 0 Å². The molecule has 0 aliphatic heterocycles. The first-order valence-corrected chi connectivity index (χ1v) is 6.63. The Bertz CT molecular complexity index is 389. The van der Waals surface area contributed by atoms with Crippen LogP contribution in [-0.4, -0.2) is 17.8 Å². The third-order valence-electron chi connectivity index (χ3n) is 3.27. The van der Waals surface area contributed by atoms with Crippen molar-refractivity contribution in [2.75, 3.05) is 6.61 Å². The number of aliphatic hydroxyl groups is 1. The van der Waals surface area contributed by atoms with E-state index >= 15 is 0 Å². The molecule has 0 heterocycles. The van der Waals surface area contributed by atoms with Crippen LogP contribution < -0.4 is 4.74 Å². The first-order valence-electron chi connectivity index (χ1n) is 6.63. The van der Waals surface area contributed by atoms with E-state index in [1.54, 1.807) is 0 Å². The van der Waals surface area contributed by atoms with Gasteiger partial charge in [0.1, 0.15) is 12.4 Å². The van der Waals surface area contributed by atoms with E-state index in [9.17, 15) is 5.11 Å². The highest BCUT2D eigenvalue weighted by molar-refractivity contribution is 5.36. The number of ether oxygens (including phenoxy) is 1. The maximum Gasteiger partial charge on any atom is 0.119 e. The fourth-order valence-corrected chi connectivity index (χ4v) is 1.81. The van der Waals surface area contributed by atoms with Gasteiger partial charge in [0, 0.05) is 0 Å². The van der Waals surface area contributed by atoms with E-state index in [0.29, 0.717) is 12.5 Å². The summed E-state index contributed by atoms with van der Waals surface area (Å²) in [5.41, 5.74) is 2.44. The molecule has 0 bridgehead atoms.